The van der Waals surface area contributed by atoms with E-state index in [1.807, 2.05) is 6.92 Å². The van der Waals surface area contributed by atoms with Crippen LogP contribution in [0.25, 0.3) is 0 Å². The molecule has 162 valence electrons. The lowest BCUT2D eigenvalue weighted by Gasteiger charge is -2.27. The van der Waals surface area contributed by atoms with Crippen LogP contribution in [0.4, 0.5) is 20.6 Å². The van der Waals surface area contributed by atoms with Crippen LogP contribution in [0.2, 0.25) is 0 Å². The molecule has 4 amide bonds. The quantitative estimate of drug-likeness (QED) is 0.380. The van der Waals surface area contributed by atoms with Gasteiger partial charge in [-0.15, -0.1) is 0 Å². The number of carbonyl (C=O) groups excluding carboxylic acids is 3. The number of nitrogens with zero attached hydrogens (tertiary/aromatic N) is 2. The summed E-state index contributed by atoms with van der Waals surface area (Å²) in [4.78, 5) is 49.3. The van der Waals surface area contributed by atoms with E-state index in [-0.39, 0.29) is 11.4 Å². The second kappa shape index (κ2) is 8.90. The van der Waals surface area contributed by atoms with Crippen molar-refractivity contribution in [2.75, 3.05) is 11.9 Å². The second-order valence-electron chi connectivity index (χ2n) is 7.19. The van der Waals surface area contributed by atoms with Crippen molar-refractivity contribution in [1.82, 2.24) is 10.2 Å². The van der Waals surface area contributed by atoms with E-state index in [0.717, 1.165) is 11.3 Å². The molecule has 3 rings (SSSR count). The number of imide groups is 1. The molecule has 2 aromatic carbocycles. The third-order valence-corrected chi connectivity index (χ3v) is 5.06. The zero-order valence-electron chi connectivity index (χ0n) is 16.8. The number of anilines is 1. The van der Waals surface area contributed by atoms with Gasteiger partial charge in [0.2, 0.25) is 5.91 Å². The van der Waals surface area contributed by atoms with Crippen molar-refractivity contribution in [2.45, 2.75) is 31.7 Å². The highest BCUT2D eigenvalue weighted by atomic mass is 19.1. The first-order chi connectivity index (χ1) is 14.8. The molecule has 1 saturated heterocycles. The standard InChI is InChI=1S/C21H21FN4O5/c1-2-3-11-21(14-7-9-15(22)10-8-14)19(28)25(20(29)24-21)13-18(27)23-16-5-4-6-17(12-16)26(30)31/h4-10,12H,2-3,11,13H2,1H3,(H,23,27)(H,24,29). The van der Waals surface area contributed by atoms with Gasteiger partial charge < -0.3 is 10.6 Å². The number of nitrogens with one attached hydrogen (secondary N) is 2. The Kier molecular flexibility index (Phi) is 6.28. The number of non-ortho nitro benzene ring substituents is 1. The normalized spacial score (nSPS) is 18.1. The van der Waals surface area contributed by atoms with Crippen LogP contribution in [0.15, 0.2) is 48.5 Å². The van der Waals surface area contributed by atoms with Crippen molar-refractivity contribution in [3.8, 4) is 0 Å². The average molecular weight is 428 g/mol. The molecular weight excluding hydrogens is 407 g/mol. The van der Waals surface area contributed by atoms with Gasteiger partial charge in [0.25, 0.3) is 11.6 Å². The summed E-state index contributed by atoms with van der Waals surface area (Å²) in [5, 5.41) is 16.0. The Labute approximate surface area is 177 Å². The van der Waals surface area contributed by atoms with E-state index in [1.165, 1.54) is 48.5 Å². The van der Waals surface area contributed by atoms with Gasteiger partial charge in [-0.2, -0.15) is 0 Å². The van der Waals surface area contributed by atoms with Crippen LogP contribution in [-0.4, -0.2) is 34.2 Å². The smallest absolute Gasteiger partial charge is 0.324 e. The topological polar surface area (TPSA) is 122 Å². The Morgan fingerprint density at radius 3 is 2.58 bits per heavy atom. The van der Waals surface area contributed by atoms with Crippen LogP contribution in [-0.2, 0) is 15.1 Å². The molecule has 0 bridgehead atoms. The monoisotopic (exact) mass is 428 g/mol. The highest BCUT2D eigenvalue weighted by Gasteiger charge is 2.52. The number of carbonyl (C=O) groups is 3. The van der Waals surface area contributed by atoms with Crippen LogP contribution in [0.3, 0.4) is 0 Å². The highest BCUT2D eigenvalue weighted by Crippen LogP contribution is 2.34. The molecule has 9 nitrogen and oxygen atoms in total. The lowest BCUT2D eigenvalue weighted by Crippen LogP contribution is -2.44. The minimum absolute atomic E-state index is 0.169. The van der Waals surface area contributed by atoms with E-state index >= 15 is 0 Å². The molecule has 0 aromatic heterocycles. The molecule has 2 aromatic rings. The number of halogens is 1. The zero-order chi connectivity index (χ0) is 22.6. The third kappa shape index (κ3) is 4.52. The van der Waals surface area contributed by atoms with Gasteiger partial charge in [0.15, 0.2) is 0 Å². The van der Waals surface area contributed by atoms with E-state index in [4.69, 9.17) is 0 Å². The number of hydrogen-bond donors (Lipinski definition) is 2. The maximum atomic E-state index is 13.4. The Hall–Kier alpha value is -3.82. The summed E-state index contributed by atoms with van der Waals surface area (Å²) in [5.41, 5.74) is -0.987. The van der Waals surface area contributed by atoms with Gasteiger partial charge in [-0.3, -0.25) is 24.6 Å². The summed E-state index contributed by atoms with van der Waals surface area (Å²) in [5.74, 6) is -1.76. The minimum Gasteiger partial charge on any atom is -0.324 e. The Bertz CT molecular complexity index is 1030. The van der Waals surface area contributed by atoms with E-state index in [1.54, 1.807) is 0 Å². The van der Waals surface area contributed by atoms with E-state index in [9.17, 15) is 28.9 Å². The lowest BCUT2D eigenvalue weighted by atomic mass is 9.85. The molecule has 0 radical (unpaired) electrons. The number of nitro benzene ring substituents is 1. The van der Waals surface area contributed by atoms with Gasteiger partial charge in [0, 0.05) is 17.8 Å². The van der Waals surface area contributed by atoms with Crippen LogP contribution in [0.5, 0.6) is 0 Å². The number of rotatable bonds is 8. The molecule has 2 N–H and O–H groups in total. The first kappa shape index (κ1) is 21.9. The lowest BCUT2D eigenvalue weighted by molar-refractivity contribution is -0.384. The maximum Gasteiger partial charge on any atom is 0.325 e. The Balaban J connectivity index is 1.80. The fourth-order valence-electron chi connectivity index (χ4n) is 3.50. The van der Waals surface area contributed by atoms with Gasteiger partial charge in [-0.1, -0.05) is 38.0 Å². The Morgan fingerprint density at radius 1 is 1.23 bits per heavy atom. The van der Waals surface area contributed by atoms with Gasteiger partial charge in [0.1, 0.15) is 17.9 Å². The van der Waals surface area contributed by atoms with Gasteiger partial charge in [-0.25, -0.2) is 9.18 Å². The highest BCUT2D eigenvalue weighted by molar-refractivity contribution is 6.10. The maximum absolute atomic E-state index is 13.4. The van der Waals surface area contributed by atoms with Crippen molar-refractivity contribution < 1.29 is 23.7 Å². The summed E-state index contributed by atoms with van der Waals surface area (Å²) < 4.78 is 13.4. The van der Waals surface area contributed by atoms with E-state index in [0.29, 0.717) is 18.4 Å². The van der Waals surface area contributed by atoms with Gasteiger partial charge in [0.05, 0.1) is 4.92 Å². The number of unbranched alkanes of at least 4 members (excludes halogenated alkanes) is 1. The van der Waals surface area contributed by atoms with Crippen LogP contribution >= 0.6 is 0 Å². The molecule has 0 saturated carbocycles. The molecule has 1 fully saturated rings. The largest absolute Gasteiger partial charge is 0.325 e. The molecular formula is C21H21FN4O5. The first-order valence-electron chi connectivity index (χ1n) is 9.71. The van der Waals surface area contributed by atoms with Crippen molar-refractivity contribution in [3.05, 3.63) is 70.0 Å². The summed E-state index contributed by atoms with van der Waals surface area (Å²) in [7, 11) is 0. The number of hydrogen-bond acceptors (Lipinski definition) is 5. The first-order valence-corrected chi connectivity index (χ1v) is 9.71. The van der Waals surface area contributed by atoms with E-state index in [2.05, 4.69) is 10.6 Å². The molecule has 1 unspecified atom stereocenters. The molecule has 1 heterocycles. The van der Waals surface area contributed by atoms with Crippen molar-refractivity contribution in [3.63, 3.8) is 0 Å². The summed E-state index contributed by atoms with van der Waals surface area (Å²) in [6.45, 7) is 1.37. The van der Waals surface area contributed by atoms with Crippen LogP contribution in [0, 0.1) is 15.9 Å². The zero-order valence-corrected chi connectivity index (χ0v) is 16.8. The predicted octanol–water partition coefficient (Wildman–Crippen LogP) is 3.31. The van der Waals surface area contributed by atoms with Crippen LogP contribution in [0.1, 0.15) is 31.7 Å². The van der Waals surface area contributed by atoms with Crippen molar-refractivity contribution in [1.29, 1.82) is 0 Å². The Morgan fingerprint density at radius 2 is 1.94 bits per heavy atom. The predicted molar refractivity (Wildman–Crippen MR) is 110 cm³/mol. The van der Waals surface area contributed by atoms with Gasteiger partial charge in [-0.05, 0) is 30.2 Å². The minimum atomic E-state index is -1.38. The second-order valence-corrected chi connectivity index (χ2v) is 7.19. The number of urea groups is 1. The number of benzene rings is 2. The number of nitro groups is 1. The molecule has 31 heavy (non-hydrogen) atoms. The van der Waals surface area contributed by atoms with Crippen LogP contribution < -0.4 is 10.6 Å². The van der Waals surface area contributed by atoms with Crippen molar-refractivity contribution >= 4 is 29.2 Å². The van der Waals surface area contributed by atoms with E-state index < -0.39 is 40.7 Å². The molecule has 1 aliphatic rings. The molecule has 0 aliphatic carbocycles. The molecule has 1 aliphatic heterocycles. The summed E-state index contributed by atoms with van der Waals surface area (Å²) in [6.07, 6.45) is 1.68. The number of amides is 4. The summed E-state index contributed by atoms with van der Waals surface area (Å²) >= 11 is 0. The third-order valence-electron chi connectivity index (χ3n) is 5.06. The molecule has 0 spiro atoms. The molecule has 1 atom stereocenters. The SMILES string of the molecule is CCCCC1(c2ccc(F)cc2)NC(=O)N(CC(=O)Nc2cccc([N+](=O)[O-])c2)C1=O. The fraction of sp³-hybridized carbons (Fsp3) is 0.286. The average Bonchev–Trinajstić information content (AvgIpc) is 2.98. The summed E-state index contributed by atoms with van der Waals surface area (Å²) in [6, 6.07) is 9.88. The molecule has 10 heteroatoms. The van der Waals surface area contributed by atoms with Gasteiger partial charge >= 0.3 is 6.03 Å². The fourth-order valence-corrected chi connectivity index (χ4v) is 3.50. The van der Waals surface area contributed by atoms with Crippen molar-refractivity contribution in [2.24, 2.45) is 0 Å².